The van der Waals surface area contributed by atoms with Gasteiger partial charge in [0.2, 0.25) is 0 Å². The third kappa shape index (κ3) is 3.03. The van der Waals surface area contributed by atoms with Crippen molar-refractivity contribution >= 4 is 27.9 Å². The number of aromatic nitrogens is 2. The molecule has 0 bridgehead atoms. The SMILES string of the molecule is Cc1cn2c(CNCC(O)c3ccccc3Cl)c(C)nc2s1. The topological polar surface area (TPSA) is 49.6 Å². The standard InChI is InChI=1S/C16H18ClN3OS/c1-10-9-20-14(11(2)19-16(20)22-10)7-18-8-15(21)12-5-3-4-6-13(12)17/h3-6,9,15,18,21H,7-8H2,1-2H3. The summed E-state index contributed by atoms with van der Waals surface area (Å²) in [6, 6.07) is 7.37. The molecule has 1 unspecified atom stereocenters. The molecular weight excluding hydrogens is 318 g/mol. The first-order chi connectivity index (χ1) is 10.6. The molecule has 4 nitrogen and oxygen atoms in total. The minimum Gasteiger partial charge on any atom is -0.387 e. The number of thiazole rings is 1. The van der Waals surface area contributed by atoms with E-state index in [0.717, 1.165) is 21.9 Å². The van der Waals surface area contributed by atoms with Crippen molar-refractivity contribution in [2.24, 2.45) is 0 Å². The first kappa shape index (κ1) is 15.5. The van der Waals surface area contributed by atoms with Crippen LogP contribution in [0.25, 0.3) is 4.96 Å². The van der Waals surface area contributed by atoms with E-state index in [9.17, 15) is 5.11 Å². The number of hydrogen-bond acceptors (Lipinski definition) is 4. The zero-order chi connectivity index (χ0) is 15.7. The van der Waals surface area contributed by atoms with E-state index in [2.05, 4.69) is 27.8 Å². The molecule has 1 atom stereocenters. The van der Waals surface area contributed by atoms with Crippen LogP contribution in [-0.2, 0) is 6.54 Å². The molecule has 2 N–H and O–H groups in total. The summed E-state index contributed by atoms with van der Waals surface area (Å²) < 4.78 is 2.12. The molecule has 1 aromatic carbocycles. The lowest BCUT2D eigenvalue weighted by atomic mass is 10.1. The highest BCUT2D eigenvalue weighted by molar-refractivity contribution is 7.17. The minimum atomic E-state index is -0.623. The van der Waals surface area contributed by atoms with Crippen molar-refractivity contribution in [3.8, 4) is 0 Å². The lowest BCUT2D eigenvalue weighted by molar-refractivity contribution is 0.174. The van der Waals surface area contributed by atoms with Gasteiger partial charge in [0, 0.05) is 34.7 Å². The molecule has 3 aromatic rings. The van der Waals surface area contributed by atoms with E-state index >= 15 is 0 Å². The quantitative estimate of drug-likeness (QED) is 0.750. The minimum absolute atomic E-state index is 0.444. The van der Waals surface area contributed by atoms with Crippen LogP contribution in [0.2, 0.25) is 5.02 Å². The van der Waals surface area contributed by atoms with E-state index in [1.807, 2.05) is 25.1 Å². The fourth-order valence-corrected chi connectivity index (χ4v) is 3.66. The molecule has 0 saturated carbocycles. The molecule has 0 aliphatic heterocycles. The summed E-state index contributed by atoms with van der Waals surface area (Å²) in [6.45, 7) is 5.19. The Morgan fingerprint density at radius 1 is 1.36 bits per heavy atom. The molecule has 0 fully saturated rings. The number of aliphatic hydroxyl groups excluding tert-OH is 1. The predicted molar refractivity (Wildman–Crippen MR) is 90.7 cm³/mol. The zero-order valence-corrected chi connectivity index (χ0v) is 14.1. The normalized spacial score (nSPS) is 12.9. The number of hydrogen-bond donors (Lipinski definition) is 2. The van der Waals surface area contributed by atoms with Gasteiger partial charge in [0.1, 0.15) is 0 Å². The first-order valence-electron chi connectivity index (χ1n) is 7.13. The highest BCUT2D eigenvalue weighted by Crippen LogP contribution is 2.23. The molecule has 6 heteroatoms. The van der Waals surface area contributed by atoms with Crippen LogP contribution in [0.15, 0.2) is 30.5 Å². The van der Waals surface area contributed by atoms with Gasteiger partial charge in [-0.3, -0.25) is 4.40 Å². The number of benzene rings is 1. The van der Waals surface area contributed by atoms with Gasteiger partial charge < -0.3 is 10.4 Å². The Balaban J connectivity index is 1.67. The van der Waals surface area contributed by atoms with Crippen LogP contribution in [0.1, 0.15) is 27.9 Å². The number of halogens is 1. The molecule has 0 aliphatic rings. The molecule has 2 aromatic heterocycles. The molecule has 0 spiro atoms. The molecule has 116 valence electrons. The lowest BCUT2D eigenvalue weighted by Crippen LogP contribution is -2.22. The van der Waals surface area contributed by atoms with Gasteiger partial charge in [0.05, 0.1) is 17.5 Å². The summed E-state index contributed by atoms with van der Waals surface area (Å²) in [5.41, 5.74) is 2.90. The Hall–Kier alpha value is -1.40. The summed E-state index contributed by atoms with van der Waals surface area (Å²) >= 11 is 7.79. The van der Waals surface area contributed by atoms with Crippen molar-refractivity contribution in [1.29, 1.82) is 0 Å². The number of nitrogens with zero attached hydrogens (tertiary/aromatic N) is 2. The average Bonchev–Trinajstić information content (AvgIpc) is 2.96. The van der Waals surface area contributed by atoms with Gasteiger partial charge in [-0.15, -0.1) is 11.3 Å². The van der Waals surface area contributed by atoms with Crippen molar-refractivity contribution in [2.75, 3.05) is 6.54 Å². The van der Waals surface area contributed by atoms with Gasteiger partial charge in [0.15, 0.2) is 4.96 Å². The van der Waals surface area contributed by atoms with E-state index in [-0.39, 0.29) is 0 Å². The van der Waals surface area contributed by atoms with E-state index in [1.54, 1.807) is 17.4 Å². The Labute approximate surface area is 138 Å². The lowest BCUT2D eigenvalue weighted by Gasteiger charge is -2.13. The first-order valence-corrected chi connectivity index (χ1v) is 8.33. The molecule has 0 amide bonds. The Kier molecular flexibility index (Phi) is 4.49. The van der Waals surface area contributed by atoms with Crippen LogP contribution in [0.4, 0.5) is 0 Å². The van der Waals surface area contributed by atoms with Crippen LogP contribution in [0.3, 0.4) is 0 Å². The van der Waals surface area contributed by atoms with Gasteiger partial charge in [-0.05, 0) is 19.9 Å². The zero-order valence-electron chi connectivity index (χ0n) is 12.5. The molecule has 0 radical (unpaired) electrons. The molecule has 22 heavy (non-hydrogen) atoms. The third-order valence-corrected chi connectivity index (χ3v) is 4.88. The monoisotopic (exact) mass is 335 g/mol. The number of aryl methyl sites for hydroxylation is 2. The van der Waals surface area contributed by atoms with Gasteiger partial charge in [-0.25, -0.2) is 4.98 Å². The average molecular weight is 336 g/mol. The molecule has 0 aliphatic carbocycles. The van der Waals surface area contributed by atoms with Crippen LogP contribution < -0.4 is 5.32 Å². The summed E-state index contributed by atoms with van der Waals surface area (Å²) in [7, 11) is 0. The summed E-state index contributed by atoms with van der Waals surface area (Å²) in [6.07, 6.45) is 1.48. The van der Waals surface area contributed by atoms with E-state index in [4.69, 9.17) is 11.6 Å². The predicted octanol–water partition coefficient (Wildman–Crippen LogP) is 3.49. The van der Waals surface area contributed by atoms with E-state index in [1.165, 1.54) is 4.88 Å². The smallest absolute Gasteiger partial charge is 0.194 e. The van der Waals surface area contributed by atoms with Crippen LogP contribution in [0, 0.1) is 13.8 Å². The van der Waals surface area contributed by atoms with Crippen molar-refractivity contribution in [3.63, 3.8) is 0 Å². The number of nitrogens with one attached hydrogen (secondary N) is 1. The van der Waals surface area contributed by atoms with Gasteiger partial charge in [-0.1, -0.05) is 29.8 Å². The maximum atomic E-state index is 10.2. The number of rotatable bonds is 5. The Morgan fingerprint density at radius 3 is 2.91 bits per heavy atom. The van der Waals surface area contributed by atoms with Crippen molar-refractivity contribution in [1.82, 2.24) is 14.7 Å². The van der Waals surface area contributed by atoms with Gasteiger partial charge in [-0.2, -0.15) is 0 Å². The van der Waals surface area contributed by atoms with Crippen molar-refractivity contribution in [3.05, 3.63) is 57.3 Å². The van der Waals surface area contributed by atoms with E-state index in [0.29, 0.717) is 18.1 Å². The van der Waals surface area contributed by atoms with Crippen molar-refractivity contribution < 1.29 is 5.11 Å². The molecule has 2 heterocycles. The van der Waals surface area contributed by atoms with Gasteiger partial charge >= 0.3 is 0 Å². The van der Waals surface area contributed by atoms with Crippen LogP contribution in [0.5, 0.6) is 0 Å². The second-order valence-corrected chi connectivity index (χ2v) is 6.93. The number of aliphatic hydroxyl groups is 1. The Bertz CT molecular complexity index is 796. The fourth-order valence-electron chi connectivity index (χ4n) is 2.50. The van der Waals surface area contributed by atoms with Crippen molar-refractivity contribution in [2.45, 2.75) is 26.5 Å². The third-order valence-electron chi connectivity index (χ3n) is 3.64. The fraction of sp³-hybridized carbons (Fsp3) is 0.312. The largest absolute Gasteiger partial charge is 0.387 e. The van der Waals surface area contributed by atoms with Crippen LogP contribution >= 0.6 is 22.9 Å². The summed E-state index contributed by atoms with van der Waals surface area (Å²) in [4.78, 5) is 6.81. The second kappa shape index (κ2) is 6.38. The second-order valence-electron chi connectivity index (χ2n) is 5.31. The van der Waals surface area contributed by atoms with Crippen LogP contribution in [-0.4, -0.2) is 21.0 Å². The van der Waals surface area contributed by atoms with Gasteiger partial charge in [0.25, 0.3) is 0 Å². The maximum Gasteiger partial charge on any atom is 0.194 e. The Morgan fingerprint density at radius 2 is 2.14 bits per heavy atom. The maximum absolute atomic E-state index is 10.2. The summed E-state index contributed by atoms with van der Waals surface area (Å²) in [5, 5.41) is 14.1. The van der Waals surface area contributed by atoms with E-state index < -0.39 is 6.10 Å². The molecule has 3 rings (SSSR count). The molecular formula is C16H18ClN3OS. The highest BCUT2D eigenvalue weighted by atomic mass is 35.5. The highest BCUT2D eigenvalue weighted by Gasteiger charge is 2.13. The summed E-state index contributed by atoms with van der Waals surface area (Å²) in [5.74, 6) is 0. The number of fused-ring (bicyclic) bond motifs is 1. The molecule has 0 saturated heterocycles. The number of imidazole rings is 1.